The molecule has 7 heterocycles. The van der Waals surface area contributed by atoms with Crippen molar-refractivity contribution >= 4 is 129 Å². The van der Waals surface area contributed by atoms with Gasteiger partial charge in [-0.2, -0.15) is 0 Å². The lowest BCUT2D eigenvalue weighted by Gasteiger charge is -2.16. The van der Waals surface area contributed by atoms with Crippen LogP contribution in [0.4, 0.5) is 0 Å². The Morgan fingerprint density at radius 1 is 0.221 bits per heavy atom. The first-order valence-electron chi connectivity index (χ1n) is 37.8. The molecule has 0 N–H and O–H groups in total. The summed E-state index contributed by atoms with van der Waals surface area (Å²) < 4.78 is 16.4. The number of hydrogen-bond acceptors (Lipinski definition) is 9. The van der Waals surface area contributed by atoms with Crippen molar-refractivity contribution in [3.8, 4) is 113 Å². The molecule has 7 aromatic heterocycles. The molecule has 0 bridgehead atoms. The van der Waals surface area contributed by atoms with Gasteiger partial charge in [-0.05, 0) is 125 Å². The summed E-state index contributed by atoms with van der Waals surface area (Å²) in [6.07, 6.45) is 0. The lowest BCUT2D eigenvalue weighted by Crippen LogP contribution is -2.00. The van der Waals surface area contributed by atoms with Gasteiger partial charge in [-0.3, -0.25) is 0 Å². The van der Waals surface area contributed by atoms with Crippen LogP contribution in [0.1, 0.15) is 0 Å². The van der Waals surface area contributed by atoms with Crippen LogP contribution < -0.4 is 0 Å². The summed E-state index contributed by atoms with van der Waals surface area (Å²) in [6, 6.07) is 132. The summed E-state index contributed by atoms with van der Waals surface area (Å²) in [5, 5.41) is 11.9. The zero-order chi connectivity index (χ0) is 74.5. The average molecular weight is 1480 g/mol. The molecular weight excluding hydrogens is 1420 g/mol. The van der Waals surface area contributed by atoms with E-state index in [1.807, 2.05) is 114 Å². The van der Waals surface area contributed by atoms with Gasteiger partial charge in [0.1, 0.15) is 11.2 Å². The zero-order valence-electron chi connectivity index (χ0n) is 60.6. The second kappa shape index (κ2) is 27.2. The van der Waals surface area contributed by atoms with E-state index in [1.165, 1.54) is 68.6 Å². The molecule has 0 unspecified atom stereocenters. The molecule has 23 rings (SSSR count). The molecule has 0 fully saturated rings. The Hall–Kier alpha value is -14.6. The van der Waals surface area contributed by atoms with E-state index in [0.717, 1.165) is 115 Å². The van der Waals surface area contributed by atoms with Crippen LogP contribution in [0.3, 0.4) is 0 Å². The predicted octanol–water partition coefficient (Wildman–Crippen LogP) is 27.6. The standard InChI is InChI=1S/C51H30N4OS.C51H32N4S/c1-4-14-31(15-5-1)49-52-50(32-16-6-2-7-17-32)54-51(53-49)41-30-34(29-39-37-21-11-13-23-45(37)57-48(39)41)33-24-26-42-40(28-33)46-43(55(42)35-18-8-3-9-19-35)27-25-38-36-20-10-12-22-44(36)56-47(38)46;1-3-16-33(17-4-1)49-52-50(34-18-5-2-6-19-34)54-51(53-49)36-21-15-20-35(30-36)42-31-37(32-43-41-25-10-14-29-47(41)56-48(42)43)38-22-7-11-26-44(38)55-45-27-12-8-23-39(45)40-24-9-13-28-46(40)55/h1-30H;1-32H. The third-order valence-corrected chi connectivity index (χ3v) is 24.1. The Morgan fingerprint density at radius 2 is 0.646 bits per heavy atom. The van der Waals surface area contributed by atoms with Gasteiger partial charge in [0.15, 0.2) is 34.9 Å². The molecule has 113 heavy (non-hydrogen) atoms. The van der Waals surface area contributed by atoms with Crippen molar-refractivity contribution in [2.75, 3.05) is 0 Å². The molecule has 11 heteroatoms. The van der Waals surface area contributed by atoms with Gasteiger partial charge in [0, 0.05) is 117 Å². The smallest absolute Gasteiger partial charge is 0.165 e. The van der Waals surface area contributed by atoms with Crippen LogP contribution >= 0.6 is 22.7 Å². The summed E-state index contributed by atoms with van der Waals surface area (Å²) in [5.74, 6) is 3.87. The highest BCUT2D eigenvalue weighted by Gasteiger charge is 2.25. The van der Waals surface area contributed by atoms with E-state index >= 15 is 0 Å². The molecule has 0 saturated heterocycles. The normalized spacial score (nSPS) is 11.7. The maximum absolute atomic E-state index is 6.70. The zero-order valence-corrected chi connectivity index (χ0v) is 62.2. The minimum absolute atomic E-state index is 0.639. The second-order valence-corrected chi connectivity index (χ2v) is 30.5. The molecule has 0 radical (unpaired) electrons. The van der Waals surface area contributed by atoms with Crippen LogP contribution in [0.2, 0.25) is 0 Å². The molecule has 9 nitrogen and oxygen atoms in total. The van der Waals surface area contributed by atoms with Crippen molar-refractivity contribution in [3.63, 3.8) is 0 Å². The van der Waals surface area contributed by atoms with Crippen molar-refractivity contribution in [1.82, 2.24) is 39.0 Å². The summed E-state index contributed by atoms with van der Waals surface area (Å²) >= 11 is 3.63. The van der Waals surface area contributed by atoms with Gasteiger partial charge < -0.3 is 13.6 Å². The van der Waals surface area contributed by atoms with Crippen LogP contribution in [-0.4, -0.2) is 39.0 Å². The highest BCUT2D eigenvalue weighted by Crippen LogP contribution is 2.49. The lowest BCUT2D eigenvalue weighted by atomic mass is 9.94. The number of benzene rings is 16. The average Bonchev–Trinajstić information content (AvgIpc) is 1.57. The SMILES string of the molecule is c1ccc(-c2nc(-c3ccccc3)nc(-c3cc(-c4ccc5c(c4)c4c6oc7ccccc7c6ccc4n5-c4ccccc4)cc4c3sc3ccccc34)n2)cc1.c1ccc(-c2nc(-c3ccccc3)nc(-c3cccc(-c4cc(-c5ccccc5-n5c6ccccc6c6ccccc65)cc5c4sc4ccccc45)c3)n2)cc1. The Kier molecular flexibility index (Phi) is 15.8. The summed E-state index contributed by atoms with van der Waals surface area (Å²) in [4.78, 5) is 30.5. The second-order valence-electron chi connectivity index (χ2n) is 28.4. The van der Waals surface area contributed by atoms with E-state index in [4.69, 9.17) is 34.3 Å². The lowest BCUT2D eigenvalue weighted by molar-refractivity contribution is 0.673. The van der Waals surface area contributed by atoms with E-state index in [9.17, 15) is 0 Å². The molecular formula is C102H62N8OS2. The number of aromatic nitrogens is 8. The van der Waals surface area contributed by atoms with Crippen molar-refractivity contribution in [3.05, 3.63) is 376 Å². The fourth-order valence-corrected chi connectivity index (χ4v) is 18.9. The number of para-hydroxylation sites is 5. The van der Waals surface area contributed by atoms with E-state index in [0.29, 0.717) is 34.9 Å². The fourth-order valence-electron chi connectivity index (χ4n) is 16.5. The van der Waals surface area contributed by atoms with Crippen LogP contribution in [0.25, 0.3) is 219 Å². The molecule has 0 spiro atoms. The van der Waals surface area contributed by atoms with Crippen molar-refractivity contribution < 1.29 is 4.42 Å². The number of nitrogens with zero attached hydrogens (tertiary/aromatic N) is 8. The van der Waals surface area contributed by atoms with Gasteiger partial charge in [-0.1, -0.05) is 273 Å². The maximum atomic E-state index is 6.70. The molecule has 0 amide bonds. The van der Waals surface area contributed by atoms with Gasteiger partial charge in [0.05, 0.1) is 33.1 Å². The molecule has 0 saturated carbocycles. The quantitative estimate of drug-likeness (QED) is 0.127. The molecule has 0 aliphatic carbocycles. The molecule has 16 aromatic carbocycles. The monoisotopic (exact) mass is 1480 g/mol. The van der Waals surface area contributed by atoms with Crippen molar-refractivity contribution in [2.24, 2.45) is 0 Å². The minimum atomic E-state index is 0.639. The highest BCUT2D eigenvalue weighted by atomic mass is 32.1. The van der Waals surface area contributed by atoms with Gasteiger partial charge in [-0.25, -0.2) is 29.9 Å². The number of rotatable bonds is 11. The minimum Gasteiger partial charge on any atom is -0.455 e. The molecule has 0 aliphatic heterocycles. The number of thiophene rings is 2. The molecule has 528 valence electrons. The van der Waals surface area contributed by atoms with Crippen LogP contribution in [0.15, 0.2) is 381 Å². The first kappa shape index (κ1) is 65.5. The Bertz CT molecular complexity index is 7510. The Balaban J connectivity index is 0.000000138. The molecule has 0 atom stereocenters. The molecule has 23 aromatic rings. The van der Waals surface area contributed by atoms with Gasteiger partial charge >= 0.3 is 0 Å². The van der Waals surface area contributed by atoms with E-state index in [1.54, 1.807) is 11.3 Å². The predicted molar refractivity (Wildman–Crippen MR) is 470 cm³/mol. The summed E-state index contributed by atoms with van der Waals surface area (Å²) in [7, 11) is 0. The molecule has 0 aliphatic rings. The number of furan rings is 1. The third kappa shape index (κ3) is 11.3. The highest BCUT2D eigenvalue weighted by molar-refractivity contribution is 7.26. The van der Waals surface area contributed by atoms with Crippen LogP contribution in [0, 0.1) is 0 Å². The third-order valence-electron chi connectivity index (χ3n) is 21.7. The Morgan fingerprint density at radius 3 is 1.24 bits per heavy atom. The fraction of sp³-hybridized carbons (Fsp3) is 0. The first-order valence-corrected chi connectivity index (χ1v) is 39.4. The topological polar surface area (TPSA) is 100 Å². The maximum Gasteiger partial charge on any atom is 0.165 e. The van der Waals surface area contributed by atoms with Crippen molar-refractivity contribution in [1.29, 1.82) is 0 Å². The van der Waals surface area contributed by atoms with E-state index in [-0.39, 0.29) is 0 Å². The summed E-state index contributed by atoms with van der Waals surface area (Å²) in [6.45, 7) is 0. The van der Waals surface area contributed by atoms with Crippen LogP contribution in [0.5, 0.6) is 0 Å². The number of fused-ring (bicyclic) bond motifs is 16. The van der Waals surface area contributed by atoms with E-state index < -0.39 is 0 Å². The van der Waals surface area contributed by atoms with E-state index in [2.05, 4.69) is 282 Å². The van der Waals surface area contributed by atoms with Crippen LogP contribution in [-0.2, 0) is 0 Å². The first-order chi connectivity index (χ1) is 56.0. The van der Waals surface area contributed by atoms with Crippen molar-refractivity contribution in [2.45, 2.75) is 0 Å². The van der Waals surface area contributed by atoms with Gasteiger partial charge in [0.25, 0.3) is 0 Å². The van der Waals surface area contributed by atoms with Gasteiger partial charge in [-0.15, -0.1) is 22.7 Å². The summed E-state index contributed by atoms with van der Waals surface area (Å²) in [5.41, 5.74) is 21.2. The largest absolute Gasteiger partial charge is 0.455 e. The number of hydrogen-bond donors (Lipinski definition) is 0. The van der Waals surface area contributed by atoms with Gasteiger partial charge in [0.2, 0.25) is 0 Å². The Labute approximate surface area is 656 Å².